The number of nitrogens with zero attached hydrogens (tertiary/aromatic N) is 1. The van der Waals surface area contributed by atoms with E-state index in [4.69, 9.17) is 4.74 Å². The van der Waals surface area contributed by atoms with Crippen molar-refractivity contribution in [3.05, 3.63) is 41.5 Å². The molecule has 2 fully saturated rings. The summed E-state index contributed by atoms with van der Waals surface area (Å²) in [4.78, 5) is 27.0. The fourth-order valence-corrected chi connectivity index (χ4v) is 3.88. The second-order valence-electron chi connectivity index (χ2n) is 6.36. The highest BCUT2D eigenvalue weighted by molar-refractivity contribution is 6.23. The summed E-state index contributed by atoms with van der Waals surface area (Å²) >= 11 is 0. The number of aryl methyl sites for hydroxylation is 2. The van der Waals surface area contributed by atoms with Gasteiger partial charge in [0.2, 0.25) is 11.8 Å². The molecule has 5 nitrogen and oxygen atoms in total. The summed E-state index contributed by atoms with van der Waals surface area (Å²) in [6, 6.07) is 5.72. The maximum absolute atomic E-state index is 12.9. The van der Waals surface area contributed by atoms with E-state index in [1.807, 2.05) is 32.0 Å². The third kappa shape index (κ3) is 1.50. The maximum Gasteiger partial charge on any atom is 0.241 e. The first-order chi connectivity index (χ1) is 10.5. The molecule has 0 saturated carbocycles. The molecule has 0 radical (unpaired) electrons. The Balaban J connectivity index is 1.81. The lowest BCUT2D eigenvalue weighted by atomic mass is 9.77. The number of hydrogen-bond donors (Lipinski definition) is 1. The number of amides is 2. The van der Waals surface area contributed by atoms with Crippen LogP contribution in [0, 0.1) is 25.7 Å². The van der Waals surface area contributed by atoms with Gasteiger partial charge in [0.1, 0.15) is 5.60 Å². The molecule has 0 aromatic heterocycles. The smallest absolute Gasteiger partial charge is 0.241 e. The second kappa shape index (κ2) is 4.27. The highest BCUT2D eigenvalue weighted by Gasteiger charge is 2.67. The fraction of sp³-hybridized carbons (Fsp3) is 0.412. The van der Waals surface area contributed by atoms with E-state index in [0.29, 0.717) is 5.69 Å². The zero-order chi connectivity index (χ0) is 15.6. The van der Waals surface area contributed by atoms with Crippen molar-refractivity contribution < 1.29 is 19.4 Å². The van der Waals surface area contributed by atoms with Gasteiger partial charge >= 0.3 is 0 Å². The topological polar surface area (TPSA) is 66.8 Å². The third-order valence-electron chi connectivity index (χ3n) is 5.01. The van der Waals surface area contributed by atoms with Crippen molar-refractivity contribution in [1.82, 2.24) is 0 Å². The van der Waals surface area contributed by atoms with Gasteiger partial charge in [0.15, 0.2) is 0 Å². The fourth-order valence-electron chi connectivity index (χ4n) is 3.88. The predicted molar refractivity (Wildman–Crippen MR) is 79.2 cm³/mol. The molecule has 5 heteroatoms. The molecule has 3 aliphatic heterocycles. The van der Waals surface area contributed by atoms with Gasteiger partial charge in [0.25, 0.3) is 0 Å². The molecular weight excluding hydrogens is 282 g/mol. The van der Waals surface area contributed by atoms with Crippen molar-refractivity contribution in [3.8, 4) is 0 Å². The van der Waals surface area contributed by atoms with Crippen molar-refractivity contribution in [1.29, 1.82) is 0 Å². The number of fused-ring (bicyclic) bond motifs is 5. The number of carbonyl (C=O) groups excluding carboxylic acids is 2. The van der Waals surface area contributed by atoms with Gasteiger partial charge in [-0.05, 0) is 31.0 Å². The minimum atomic E-state index is -1.03. The summed E-state index contributed by atoms with van der Waals surface area (Å²) in [6.07, 6.45) is 3.11. The SMILES string of the molecule is Cc1ccc(C)c(N2C(=O)[C@H]3[C@@H](C2=O)[C@@]2(CO)C=C[C@H]3O2)c1. The summed E-state index contributed by atoms with van der Waals surface area (Å²) < 4.78 is 5.73. The van der Waals surface area contributed by atoms with Crippen LogP contribution in [0.2, 0.25) is 0 Å². The monoisotopic (exact) mass is 299 g/mol. The van der Waals surface area contributed by atoms with Crippen LogP contribution in [0.25, 0.3) is 0 Å². The molecule has 1 aromatic carbocycles. The zero-order valence-corrected chi connectivity index (χ0v) is 12.4. The molecule has 4 atom stereocenters. The number of ether oxygens (including phenoxy) is 1. The average molecular weight is 299 g/mol. The highest BCUT2D eigenvalue weighted by Crippen LogP contribution is 2.52. The second-order valence-corrected chi connectivity index (χ2v) is 6.36. The molecule has 3 aliphatic rings. The molecule has 114 valence electrons. The van der Waals surface area contributed by atoms with E-state index >= 15 is 0 Å². The van der Waals surface area contributed by atoms with Crippen molar-refractivity contribution in [3.63, 3.8) is 0 Å². The van der Waals surface area contributed by atoms with Gasteiger partial charge in [-0.3, -0.25) is 9.59 Å². The molecule has 0 unspecified atom stereocenters. The number of aliphatic hydroxyl groups excluding tert-OH is 1. The maximum atomic E-state index is 12.9. The predicted octanol–water partition coefficient (Wildman–Crippen LogP) is 1.11. The van der Waals surface area contributed by atoms with Gasteiger partial charge in [-0.2, -0.15) is 0 Å². The van der Waals surface area contributed by atoms with Crippen LogP contribution in [0.15, 0.2) is 30.4 Å². The minimum absolute atomic E-state index is 0.228. The first-order valence-corrected chi connectivity index (χ1v) is 7.41. The van der Waals surface area contributed by atoms with Crippen LogP contribution < -0.4 is 4.90 Å². The van der Waals surface area contributed by atoms with Gasteiger partial charge in [0.05, 0.1) is 30.2 Å². The van der Waals surface area contributed by atoms with Crippen molar-refractivity contribution in [2.45, 2.75) is 25.6 Å². The molecule has 2 saturated heterocycles. The highest BCUT2D eigenvalue weighted by atomic mass is 16.5. The van der Waals surface area contributed by atoms with Gasteiger partial charge in [-0.1, -0.05) is 24.3 Å². The number of carbonyl (C=O) groups is 2. The molecule has 1 N–H and O–H groups in total. The summed E-state index contributed by atoms with van der Waals surface area (Å²) in [7, 11) is 0. The molecule has 1 aromatic rings. The molecule has 2 amide bonds. The first kappa shape index (κ1) is 13.7. The lowest BCUT2D eigenvalue weighted by Gasteiger charge is -2.26. The standard InChI is InChI=1S/C17H17NO4/c1-9-3-4-10(2)11(7-9)18-15(20)13-12-5-6-17(8-19,22-12)14(13)16(18)21/h3-7,12-14,19H,8H2,1-2H3/t12-,13-,14+,17+/m1/s1. The Hall–Kier alpha value is -1.98. The van der Waals surface area contributed by atoms with Crippen molar-refractivity contribution >= 4 is 17.5 Å². The lowest BCUT2D eigenvalue weighted by molar-refractivity contribution is -0.128. The van der Waals surface area contributed by atoms with E-state index < -0.39 is 23.5 Å². The number of anilines is 1. The van der Waals surface area contributed by atoms with Gasteiger partial charge in [-0.25, -0.2) is 4.90 Å². The van der Waals surface area contributed by atoms with Gasteiger partial charge < -0.3 is 9.84 Å². The molecule has 3 heterocycles. The van der Waals surface area contributed by atoms with E-state index in [-0.39, 0.29) is 18.4 Å². The summed E-state index contributed by atoms with van der Waals surface area (Å²) in [5.41, 5.74) is 1.48. The Morgan fingerprint density at radius 3 is 2.77 bits per heavy atom. The Labute approximate surface area is 128 Å². The Morgan fingerprint density at radius 2 is 2.05 bits per heavy atom. The Morgan fingerprint density at radius 1 is 1.27 bits per heavy atom. The number of rotatable bonds is 2. The van der Waals surface area contributed by atoms with Crippen LogP contribution in [0.3, 0.4) is 0 Å². The van der Waals surface area contributed by atoms with Crippen LogP contribution >= 0.6 is 0 Å². The molecule has 0 aliphatic carbocycles. The lowest BCUT2D eigenvalue weighted by Crippen LogP contribution is -2.43. The Kier molecular flexibility index (Phi) is 2.65. The summed E-state index contributed by atoms with van der Waals surface area (Å²) in [6.45, 7) is 3.52. The van der Waals surface area contributed by atoms with E-state index in [2.05, 4.69) is 0 Å². The van der Waals surface area contributed by atoms with Crippen LogP contribution in [0.4, 0.5) is 5.69 Å². The van der Waals surface area contributed by atoms with Crippen molar-refractivity contribution in [2.24, 2.45) is 11.8 Å². The number of hydrogen-bond acceptors (Lipinski definition) is 4. The molecule has 0 spiro atoms. The zero-order valence-electron chi connectivity index (χ0n) is 12.4. The summed E-state index contributed by atoms with van der Waals surface area (Å²) in [5, 5.41) is 9.69. The largest absolute Gasteiger partial charge is 0.393 e. The summed E-state index contributed by atoms with van der Waals surface area (Å²) in [5.74, 6) is -1.65. The van der Waals surface area contributed by atoms with Gasteiger partial charge in [-0.15, -0.1) is 0 Å². The minimum Gasteiger partial charge on any atom is -0.393 e. The number of aliphatic hydroxyl groups is 1. The molecule has 22 heavy (non-hydrogen) atoms. The van der Waals surface area contributed by atoms with Crippen LogP contribution in [-0.2, 0) is 14.3 Å². The van der Waals surface area contributed by atoms with Crippen LogP contribution in [-0.4, -0.2) is 35.2 Å². The van der Waals surface area contributed by atoms with Crippen LogP contribution in [0.5, 0.6) is 0 Å². The molecular formula is C17H17NO4. The van der Waals surface area contributed by atoms with E-state index in [9.17, 15) is 14.7 Å². The Bertz CT molecular complexity index is 725. The normalized spacial score (nSPS) is 35.6. The van der Waals surface area contributed by atoms with Gasteiger partial charge in [0, 0.05) is 0 Å². The average Bonchev–Trinajstić information content (AvgIpc) is 3.14. The van der Waals surface area contributed by atoms with E-state index in [1.54, 1.807) is 12.2 Å². The van der Waals surface area contributed by atoms with E-state index in [0.717, 1.165) is 11.1 Å². The number of imide groups is 1. The molecule has 4 rings (SSSR count). The first-order valence-electron chi connectivity index (χ1n) is 7.41. The van der Waals surface area contributed by atoms with Crippen LogP contribution in [0.1, 0.15) is 11.1 Å². The third-order valence-corrected chi connectivity index (χ3v) is 5.01. The quantitative estimate of drug-likeness (QED) is 0.656. The molecule has 2 bridgehead atoms. The van der Waals surface area contributed by atoms with E-state index in [1.165, 1.54) is 4.90 Å². The van der Waals surface area contributed by atoms with Crippen molar-refractivity contribution in [2.75, 3.05) is 11.5 Å². The number of benzene rings is 1.